The summed E-state index contributed by atoms with van der Waals surface area (Å²) in [5.74, 6) is 0. The average Bonchev–Trinajstić information content (AvgIpc) is 2.81. The Hall–Kier alpha value is -0.960. The molecule has 0 fully saturated rings. The van der Waals surface area contributed by atoms with Crippen LogP contribution in [0.15, 0.2) is 36.7 Å². The highest BCUT2D eigenvalue weighted by Crippen LogP contribution is 2.25. The van der Waals surface area contributed by atoms with Crippen LogP contribution in [0, 0.1) is 0 Å². The molecule has 1 unspecified atom stereocenters. The van der Waals surface area contributed by atoms with E-state index in [-0.39, 0.29) is 6.04 Å². The first-order valence-corrected chi connectivity index (χ1v) is 7.19. The molecule has 2 rings (SSSR count). The highest BCUT2D eigenvalue weighted by Gasteiger charge is 2.07. The maximum Gasteiger partial charge on any atom is 0.0499 e. The molecule has 0 aliphatic rings. The van der Waals surface area contributed by atoms with Crippen LogP contribution in [0.2, 0.25) is 10.0 Å². The molecular formula is C15H18Cl2N2. The molecule has 0 spiro atoms. The van der Waals surface area contributed by atoms with Crippen molar-refractivity contribution in [3.63, 3.8) is 0 Å². The summed E-state index contributed by atoms with van der Waals surface area (Å²) in [6.07, 6.45) is 6.04. The smallest absolute Gasteiger partial charge is 0.0499 e. The predicted octanol–water partition coefficient (Wildman–Crippen LogP) is 4.12. The third-order valence-electron chi connectivity index (χ3n) is 3.24. The highest BCUT2D eigenvalue weighted by atomic mass is 35.5. The second-order valence-corrected chi connectivity index (χ2v) is 5.58. The summed E-state index contributed by atoms with van der Waals surface area (Å²) in [6, 6.07) is 7.90. The molecule has 0 bridgehead atoms. The molecular weight excluding hydrogens is 279 g/mol. The summed E-state index contributed by atoms with van der Waals surface area (Å²) in [6.45, 7) is 2.78. The Labute approximate surface area is 124 Å². The van der Waals surface area contributed by atoms with Crippen molar-refractivity contribution < 1.29 is 0 Å². The van der Waals surface area contributed by atoms with Crippen LogP contribution < -0.4 is 5.73 Å². The molecule has 102 valence electrons. The summed E-state index contributed by atoms with van der Waals surface area (Å²) in [4.78, 5) is 0. The van der Waals surface area contributed by atoms with Gasteiger partial charge in [0.25, 0.3) is 0 Å². The van der Waals surface area contributed by atoms with Crippen molar-refractivity contribution in [1.82, 2.24) is 4.57 Å². The molecule has 1 atom stereocenters. The number of nitrogens with two attached hydrogens (primary N) is 1. The van der Waals surface area contributed by atoms with Gasteiger partial charge in [-0.1, -0.05) is 36.2 Å². The summed E-state index contributed by atoms with van der Waals surface area (Å²) in [5, 5.41) is 1.40. The van der Waals surface area contributed by atoms with Gasteiger partial charge in [0.1, 0.15) is 0 Å². The van der Waals surface area contributed by atoms with E-state index in [1.807, 2.05) is 24.4 Å². The monoisotopic (exact) mass is 296 g/mol. The molecule has 1 aromatic heterocycles. The first-order chi connectivity index (χ1) is 9.10. The molecule has 4 heteroatoms. The Morgan fingerprint density at radius 1 is 1.21 bits per heavy atom. The zero-order chi connectivity index (χ0) is 13.8. The van der Waals surface area contributed by atoms with Gasteiger partial charge >= 0.3 is 0 Å². The summed E-state index contributed by atoms with van der Waals surface area (Å²) < 4.78 is 2.09. The fourth-order valence-corrected chi connectivity index (χ4v) is 2.54. The van der Waals surface area contributed by atoms with Gasteiger partial charge in [0.15, 0.2) is 0 Å². The molecule has 0 saturated heterocycles. The van der Waals surface area contributed by atoms with E-state index in [1.54, 1.807) is 0 Å². The zero-order valence-electron chi connectivity index (χ0n) is 10.9. The topological polar surface area (TPSA) is 30.9 Å². The van der Waals surface area contributed by atoms with Crippen LogP contribution in [0.1, 0.15) is 24.5 Å². The molecule has 0 saturated carbocycles. The lowest BCUT2D eigenvalue weighted by molar-refractivity contribution is 0.645. The first kappa shape index (κ1) is 14.4. The molecule has 2 aromatic rings. The zero-order valence-corrected chi connectivity index (χ0v) is 12.5. The van der Waals surface area contributed by atoms with E-state index >= 15 is 0 Å². The van der Waals surface area contributed by atoms with Crippen molar-refractivity contribution in [1.29, 1.82) is 0 Å². The molecule has 0 aliphatic carbocycles. The van der Waals surface area contributed by atoms with E-state index in [4.69, 9.17) is 28.9 Å². The number of benzene rings is 1. The van der Waals surface area contributed by atoms with E-state index in [2.05, 4.69) is 23.8 Å². The molecule has 2 N–H and O–H groups in total. The number of aromatic nitrogens is 1. The highest BCUT2D eigenvalue weighted by molar-refractivity contribution is 6.35. The van der Waals surface area contributed by atoms with Gasteiger partial charge < -0.3 is 10.3 Å². The van der Waals surface area contributed by atoms with E-state index in [0.29, 0.717) is 16.6 Å². The second-order valence-electron chi connectivity index (χ2n) is 4.76. The maximum atomic E-state index is 6.18. The van der Waals surface area contributed by atoms with Crippen molar-refractivity contribution in [3.8, 4) is 0 Å². The lowest BCUT2D eigenvalue weighted by Crippen LogP contribution is -2.21. The molecule has 1 aromatic carbocycles. The quantitative estimate of drug-likeness (QED) is 0.884. The van der Waals surface area contributed by atoms with E-state index < -0.39 is 0 Å². The SMILES string of the molecule is CCC(N)Cc1ccn(Cc2c(Cl)cccc2Cl)c1. The van der Waals surface area contributed by atoms with E-state index in [9.17, 15) is 0 Å². The van der Waals surface area contributed by atoms with Crippen molar-refractivity contribution in [2.24, 2.45) is 5.73 Å². The summed E-state index contributed by atoms with van der Waals surface area (Å²) in [7, 11) is 0. The third kappa shape index (κ3) is 3.75. The van der Waals surface area contributed by atoms with Gasteiger partial charge in [-0.25, -0.2) is 0 Å². The fraction of sp³-hybridized carbons (Fsp3) is 0.333. The Kier molecular flexibility index (Phi) is 4.92. The van der Waals surface area contributed by atoms with E-state index in [0.717, 1.165) is 18.4 Å². The van der Waals surface area contributed by atoms with Crippen LogP contribution in [0.4, 0.5) is 0 Å². The Morgan fingerprint density at radius 2 is 1.89 bits per heavy atom. The van der Waals surface area contributed by atoms with E-state index in [1.165, 1.54) is 5.56 Å². The van der Waals surface area contributed by atoms with Crippen LogP contribution in [0.3, 0.4) is 0 Å². The Morgan fingerprint density at radius 3 is 2.53 bits per heavy atom. The van der Waals surface area contributed by atoms with Gasteiger partial charge in [-0.05, 0) is 36.6 Å². The lowest BCUT2D eigenvalue weighted by atomic mass is 10.1. The Bertz CT molecular complexity index is 529. The molecule has 2 nitrogen and oxygen atoms in total. The number of hydrogen-bond acceptors (Lipinski definition) is 1. The predicted molar refractivity (Wildman–Crippen MR) is 82.0 cm³/mol. The minimum absolute atomic E-state index is 0.222. The van der Waals surface area contributed by atoms with Gasteiger partial charge in [0, 0.05) is 40.6 Å². The molecule has 0 aliphatic heterocycles. The number of rotatable bonds is 5. The largest absolute Gasteiger partial charge is 0.350 e. The minimum atomic E-state index is 0.222. The number of hydrogen-bond donors (Lipinski definition) is 1. The molecule has 1 heterocycles. The van der Waals surface area contributed by atoms with Crippen LogP contribution in [-0.2, 0) is 13.0 Å². The van der Waals surface area contributed by atoms with Crippen molar-refractivity contribution in [2.45, 2.75) is 32.4 Å². The number of nitrogens with zero attached hydrogens (tertiary/aromatic N) is 1. The molecule has 0 amide bonds. The van der Waals surface area contributed by atoms with Gasteiger partial charge in [-0.3, -0.25) is 0 Å². The van der Waals surface area contributed by atoms with Gasteiger partial charge in [0.05, 0.1) is 0 Å². The van der Waals surface area contributed by atoms with Crippen molar-refractivity contribution in [2.75, 3.05) is 0 Å². The van der Waals surface area contributed by atoms with Crippen LogP contribution in [-0.4, -0.2) is 10.6 Å². The van der Waals surface area contributed by atoms with Crippen LogP contribution in [0.25, 0.3) is 0 Å². The maximum absolute atomic E-state index is 6.18. The van der Waals surface area contributed by atoms with Gasteiger partial charge in [0.2, 0.25) is 0 Å². The standard InChI is InChI=1S/C15H18Cl2N2/c1-2-12(18)8-11-6-7-19(9-11)10-13-14(16)4-3-5-15(13)17/h3-7,9,12H,2,8,10,18H2,1H3. The molecule has 0 radical (unpaired) electrons. The van der Waals surface area contributed by atoms with Crippen molar-refractivity contribution >= 4 is 23.2 Å². The van der Waals surface area contributed by atoms with Crippen LogP contribution in [0.5, 0.6) is 0 Å². The van der Waals surface area contributed by atoms with Crippen LogP contribution >= 0.6 is 23.2 Å². The second kappa shape index (κ2) is 6.47. The summed E-state index contributed by atoms with van der Waals surface area (Å²) >= 11 is 12.4. The van der Waals surface area contributed by atoms with Gasteiger partial charge in [-0.15, -0.1) is 0 Å². The third-order valence-corrected chi connectivity index (χ3v) is 3.94. The molecule has 19 heavy (non-hydrogen) atoms. The average molecular weight is 297 g/mol. The van der Waals surface area contributed by atoms with Gasteiger partial charge in [-0.2, -0.15) is 0 Å². The Balaban J connectivity index is 2.12. The van der Waals surface area contributed by atoms with Crippen molar-refractivity contribution in [3.05, 3.63) is 57.8 Å². The number of halogens is 2. The summed E-state index contributed by atoms with van der Waals surface area (Å²) in [5.41, 5.74) is 8.16. The minimum Gasteiger partial charge on any atom is -0.350 e. The normalized spacial score (nSPS) is 12.6. The fourth-order valence-electron chi connectivity index (χ4n) is 2.02. The first-order valence-electron chi connectivity index (χ1n) is 6.43. The lowest BCUT2D eigenvalue weighted by Gasteiger charge is -2.08.